The lowest BCUT2D eigenvalue weighted by molar-refractivity contribution is 0.398. The molecule has 0 fully saturated rings. The van der Waals surface area contributed by atoms with Crippen LogP contribution in [0, 0.1) is 0 Å². The van der Waals surface area contributed by atoms with Crippen LogP contribution in [0.1, 0.15) is 0 Å². The minimum absolute atomic E-state index is 0.467. The summed E-state index contributed by atoms with van der Waals surface area (Å²) in [5.74, 6) is 0.934. The molecule has 0 spiro atoms. The Bertz CT molecular complexity index is 481. The quantitative estimate of drug-likeness (QED) is 0.821. The van der Waals surface area contributed by atoms with Gasteiger partial charge in [0.05, 0.1) is 12.7 Å². The topological polar surface area (TPSA) is 63.9 Å². The lowest BCUT2D eigenvalue weighted by Gasteiger charge is -2.02. The van der Waals surface area contributed by atoms with Crippen LogP contribution in [0.5, 0.6) is 5.88 Å². The van der Waals surface area contributed by atoms with Crippen molar-refractivity contribution in [3.63, 3.8) is 0 Å². The van der Waals surface area contributed by atoms with Gasteiger partial charge in [-0.3, -0.25) is 5.10 Å². The number of ether oxygens (including phenoxy) is 1. The number of nitrogen functional groups attached to an aromatic ring is 1. The molecule has 4 nitrogen and oxygen atoms in total. The summed E-state index contributed by atoms with van der Waals surface area (Å²) in [5, 5.41) is 7.24. The van der Waals surface area contributed by atoms with E-state index in [0.717, 1.165) is 11.1 Å². The number of nitrogens with one attached hydrogen (secondary N) is 1. The Morgan fingerprint density at radius 1 is 1.47 bits per heavy atom. The second-order valence-electron chi connectivity index (χ2n) is 3.03. The molecule has 0 atom stereocenters. The number of nitrogens with two attached hydrogens (primary N) is 1. The first kappa shape index (κ1) is 9.86. The summed E-state index contributed by atoms with van der Waals surface area (Å²) in [4.78, 5) is 0. The minimum atomic E-state index is 0.467. The zero-order valence-corrected chi connectivity index (χ0v) is 8.88. The Hall–Kier alpha value is -1.68. The van der Waals surface area contributed by atoms with Gasteiger partial charge in [-0.15, -0.1) is 5.10 Å². The van der Waals surface area contributed by atoms with Crippen LogP contribution in [0.4, 0.5) is 5.82 Å². The van der Waals surface area contributed by atoms with E-state index < -0.39 is 0 Å². The molecule has 2 rings (SSSR count). The second-order valence-corrected chi connectivity index (χ2v) is 3.47. The standard InChI is InChI=1S/C10H10ClN3O/c1-15-10-8(9(12)13-14-10)6-3-2-4-7(11)5-6/h2-5H,1H3,(H3,12,13,14). The first-order chi connectivity index (χ1) is 7.22. The zero-order chi connectivity index (χ0) is 10.8. The molecule has 0 bridgehead atoms. The fourth-order valence-electron chi connectivity index (χ4n) is 1.41. The fourth-order valence-corrected chi connectivity index (χ4v) is 1.60. The van der Waals surface area contributed by atoms with E-state index in [0.29, 0.717) is 16.7 Å². The summed E-state index contributed by atoms with van der Waals surface area (Å²) >= 11 is 5.90. The van der Waals surface area contributed by atoms with Crippen molar-refractivity contribution < 1.29 is 4.74 Å². The predicted molar refractivity (Wildman–Crippen MR) is 60.0 cm³/mol. The van der Waals surface area contributed by atoms with Gasteiger partial charge in [0.1, 0.15) is 5.82 Å². The molecule has 1 heterocycles. The minimum Gasteiger partial charge on any atom is -0.479 e. The molecule has 0 radical (unpaired) electrons. The van der Waals surface area contributed by atoms with Crippen molar-refractivity contribution in [1.29, 1.82) is 0 Å². The number of benzene rings is 1. The van der Waals surface area contributed by atoms with Gasteiger partial charge < -0.3 is 10.5 Å². The third-order valence-corrected chi connectivity index (χ3v) is 2.30. The maximum Gasteiger partial charge on any atom is 0.242 e. The summed E-state index contributed by atoms with van der Waals surface area (Å²) in [6, 6.07) is 7.36. The van der Waals surface area contributed by atoms with E-state index in [1.165, 1.54) is 0 Å². The molecule has 1 aromatic carbocycles. The third kappa shape index (κ3) is 1.76. The van der Waals surface area contributed by atoms with Crippen molar-refractivity contribution in [2.24, 2.45) is 0 Å². The highest BCUT2D eigenvalue weighted by Gasteiger charge is 2.13. The van der Waals surface area contributed by atoms with Gasteiger partial charge in [-0.05, 0) is 17.7 Å². The number of nitrogens with zero attached hydrogens (tertiary/aromatic N) is 1. The third-order valence-electron chi connectivity index (χ3n) is 2.07. The summed E-state index contributed by atoms with van der Waals surface area (Å²) in [6.45, 7) is 0. The van der Waals surface area contributed by atoms with Gasteiger partial charge in [0.2, 0.25) is 5.88 Å². The highest BCUT2D eigenvalue weighted by atomic mass is 35.5. The number of rotatable bonds is 2. The van der Waals surface area contributed by atoms with E-state index in [1.54, 1.807) is 13.2 Å². The van der Waals surface area contributed by atoms with E-state index in [1.807, 2.05) is 18.2 Å². The van der Waals surface area contributed by atoms with Gasteiger partial charge in [0.15, 0.2) is 0 Å². The van der Waals surface area contributed by atoms with Gasteiger partial charge >= 0.3 is 0 Å². The lowest BCUT2D eigenvalue weighted by atomic mass is 10.1. The fraction of sp³-hybridized carbons (Fsp3) is 0.100. The van der Waals surface area contributed by atoms with E-state index in [9.17, 15) is 0 Å². The van der Waals surface area contributed by atoms with Crippen LogP contribution in [0.2, 0.25) is 5.02 Å². The Morgan fingerprint density at radius 3 is 2.93 bits per heavy atom. The first-order valence-corrected chi connectivity index (χ1v) is 4.74. The molecule has 0 unspecified atom stereocenters. The van der Waals surface area contributed by atoms with Crippen LogP contribution in [-0.2, 0) is 0 Å². The summed E-state index contributed by atoms with van der Waals surface area (Å²) in [6.07, 6.45) is 0. The monoisotopic (exact) mass is 223 g/mol. The number of methoxy groups -OCH3 is 1. The lowest BCUT2D eigenvalue weighted by Crippen LogP contribution is -1.89. The number of halogens is 1. The number of H-pyrrole nitrogens is 1. The van der Waals surface area contributed by atoms with Crippen LogP contribution in [0.15, 0.2) is 24.3 Å². The Morgan fingerprint density at radius 2 is 2.27 bits per heavy atom. The normalized spacial score (nSPS) is 10.3. The zero-order valence-electron chi connectivity index (χ0n) is 8.12. The van der Waals surface area contributed by atoms with Gasteiger partial charge in [0.25, 0.3) is 0 Å². The summed E-state index contributed by atoms with van der Waals surface area (Å²) in [5.41, 5.74) is 7.37. The molecule has 3 N–H and O–H groups in total. The number of hydrogen-bond donors (Lipinski definition) is 2. The predicted octanol–water partition coefficient (Wildman–Crippen LogP) is 2.32. The highest BCUT2D eigenvalue weighted by molar-refractivity contribution is 6.30. The maximum absolute atomic E-state index is 5.90. The molecule has 0 aliphatic rings. The molecule has 5 heteroatoms. The molecule has 15 heavy (non-hydrogen) atoms. The van der Waals surface area contributed by atoms with Crippen molar-refractivity contribution >= 4 is 17.4 Å². The van der Waals surface area contributed by atoms with Crippen LogP contribution in [0.3, 0.4) is 0 Å². The number of aromatic amines is 1. The van der Waals surface area contributed by atoms with Crippen molar-refractivity contribution in [2.45, 2.75) is 0 Å². The largest absolute Gasteiger partial charge is 0.479 e. The van der Waals surface area contributed by atoms with E-state index in [-0.39, 0.29) is 0 Å². The van der Waals surface area contributed by atoms with Gasteiger partial charge in [-0.1, -0.05) is 23.7 Å². The molecule has 1 aromatic heterocycles. The van der Waals surface area contributed by atoms with Crippen LogP contribution in [0.25, 0.3) is 11.1 Å². The number of hydrogen-bond acceptors (Lipinski definition) is 3. The average Bonchev–Trinajstić information content (AvgIpc) is 2.59. The summed E-state index contributed by atoms with van der Waals surface area (Å²) < 4.78 is 5.09. The second kappa shape index (κ2) is 3.82. The Kier molecular flexibility index (Phi) is 2.51. The Balaban J connectivity index is 2.57. The van der Waals surface area contributed by atoms with Crippen molar-refractivity contribution in [1.82, 2.24) is 10.2 Å². The van der Waals surface area contributed by atoms with Gasteiger partial charge in [0, 0.05) is 5.02 Å². The highest BCUT2D eigenvalue weighted by Crippen LogP contribution is 2.33. The van der Waals surface area contributed by atoms with E-state index in [2.05, 4.69) is 10.2 Å². The molecule has 78 valence electrons. The molecular weight excluding hydrogens is 214 g/mol. The first-order valence-electron chi connectivity index (χ1n) is 4.36. The molecule has 0 saturated heterocycles. The average molecular weight is 224 g/mol. The van der Waals surface area contributed by atoms with Crippen LogP contribution in [-0.4, -0.2) is 17.3 Å². The number of aromatic nitrogens is 2. The summed E-state index contributed by atoms with van der Waals surface area (Å²) in [7, 11) is 1.55. The van der Waals surface area contributed by atoms with E-state index in [4.69, 9.17) is 22.1 Å². The van der Waals surface area contributed by atoms with Crippen LogP contribution >= 0.6 is 11.6 Å². The smallest absolute Gasteiger partial charge is 0.242 e. The maximum atomic E-state index is 5.90. The molecule has 0 saturated carbocycles. The van der Waals surface area contributed by atoms with Crippen molar-refractivity contribution in [3.8, 4) is 17.0 Å². The molecule has 0 aliphatic heterocycles. The van der Waals surface area contributed by atoms with Crippen molar-refractivity contribution in [3.05, 3.63) is 29.3 Å². The molecule has 0 amide bonds. The molecule has 2 aromatic rings. The number of anilines is 1. The molecule has 0 aliphatic carbocycles. The SMILES string of the molecule is COc1n[nH]c(N)c1-c1cccc(Cl)c1. The molecular formula is C10H10ClN3O. The van der Waals surface area contributed by atoms with Crippen LogP contribution < -0.4 is 10.5 Å². The van der Waals surface area contributed by atoms with E-state index >= 15 is 0 Å². The van der Waals surface area contributed by atoms with Gasteiger partial charge in [-0.25, -0.2) is 0 Å². The Labute approximate surface area is 92.0 Å². The van der Waals surface area contributed by atoms with Gasteiger partial charge in [-0.2, -0.15) is 0 Å². The van der Waals surface area contributed by atoms with Crippen molar-refractivity contribution in [2.75, 3.05) is 12.8 Å².